The Morgan fingerprint density at radius 2 is 1.73 bits per heavy atom. The summed E-state index contributed by atoms with van der Waals surface area (Å²) in [6.07, 6.45) is 1.14. The number of ether oxygens (including phenoxy) is 1. The molecule has 0 spiro atoms. The summed E-state index contributed by atoms with van der Waals surface area (Å²) in [7, 11) is -4.46. The van der Waals surface area contributed by atoms with Gasteiger partial charge in [-0.2, -0.15) is 13.2 Å². The zero-order valence-corrected chi connectivity index (χ0v) is 24.5. The number of carbonyl (C=O) groups excluding carboxylic acids is 1. The standard InChI is InChI=1S/C29H40F3N3O4S/c1-5-28(3,4)34-40(37,38)26-11-10-21(16-24(26)29(30,31)32)25-17-23(27(36)33-22-12-14-39-15-13-22)19(2)35(25)18-20-8-6-7-9-20/h10-11,16-17,20,22,34H,5-9,12-15,18H2,1-4H3,(H,33,36). The topological polar surface area (TPSA) is 89.4 Å². The van der Waals surface area contributed by atoms with Crippen molar-refractivity contribution in [1.29, 1.82) is 0 Å². The van der Waals surface area contributed by atoms with Gasteiger partial charge in [0.25, 0.3) is 5.91 Å². The molecule has 0 unspecified atom stereocenters. The van der Waals surface area contributed by atoms with Gasteiger partial charge in [0.05, 0.1) is 16.0 Å². The van der Waals surface area contributed by atoms with Gasteiger partial charge < -0.3 is 14.6 Å². The van der Waals surface area contributed by atoms with Crippen LogP contribution in [-0.4, -0.2) is 43.7 Å². The summed E-state index contributed by atoms with van der Waals surface area (Å²) >= 11 is 0. The van der Waals surface area contributed by atoms with Gasteiger partial charge in [-0.25, -0.2) is 13.1 Å². The van der Waals surface area contributed by atoms with Crippen LogP contribution < -0.4 is 10.0 Å². The average molecular weight is 584 g/mol. The number of nitrogens with one attached hydrogen (secondary N) is 2. The number of rotatable bonds is 9. The highest BCUT2D eigenvalue weighted by Crippen LogP contribution is 2.39. The number of aromatic nitrogens is 1. The summed E-state index contributed by atoms with van der Waals surface area (Å²) in [6, 6.07) is 4.94. The predicted octanol–water partition coefficient (Wildman–Crippen LogP) is 6.05. The van der Waals surface area contributed by atoms with Crippen molar-refractivity contribution in [2.45, 2.75) is 102 Å². The van der Waals surface area contributed by atoms with Gasteiger partial charge in [-0.1, -0.05) is 25.8 Å². The maximum Gasteiger partial charge on any atom is 0.417 e. The second kappa shape index (κ2) is 11.9. The Morgan fingerprint density at radius 1 is 1.07 bits per heavy atom. The summed E-state index contributed by atoms with van der Waals surface area (Å²) in [5, 5.41) is 3.05. The Morgan fingerprint density at radius 3 is 2.33 bits per heavy atom. The van der Waals surface area contributed by atoms with Crippen LogP contribution >= 0.6 is 0 Å². The minimum atomic E-state index is -4.91. The van der Waals surface area contributed by atoms with Crippen molar-refractivity contribution in [3.8, 4) is 11.3 Å². The normalized spacial score (nSPS) is 17.9. The van der Waals surface area contributed by atoms with Crippen molar-refractivity contribution in [3.05, 3.63) is 41.1 Å². The molecule has 0 bridgehead atoms. The third kappa shape index (κ3) is 6.91. The first-order valence-electron chi connectivity index (χ1n) is 14.1. The van der Waals surface area contributed by atoms with Gasteiger partial charge in [-0.05, 0) is 82.6 Å². The van der Waals surface area contributed by atoms with Crippen LogP contribution in [0.4, 0.5) is 13.2 Å². The third-order valence-corrected chi connectivity index (χ3v) is 10.0. The van der Waals surface area contributed by atoms with Crippen LogP contribution in [0.2, 0.25) is 0 Å². The van der Waals surface area contributed by atoms with E-state index in [1.54, 1.807) is 26.8 Å². The van der Waals surface area contributed by atoms with Gasteiger partial charge in [0.2, 0.25) is 10.0 Å². The van der Waals surface area contributed by atoms with Crippen molar-refractivity contribution in [1.82, 2.24) is 14.6 Å². The second-order valence-corrected chi connectivity index (χ2v) is 13.4. The second-order valence-electron chi connectivity index (χ2n) is 11.7. The highest BCUT2D eigenvalue weighted by atomic mass is 32.2. The van der Waals surface area contributed by atoms with E-state index in [0.29, 0.717) is 61.9 Å². The largest absolute Gasteiger partial charge is 0.417 e. The molecular formula is C29H40F3N3O4S. The first kappa shape index (κ1) is 30.6. The number of sulfonamides is 1. The molecule has 2 N–H and O–H groups in total. The zero-order chi connectivity index (χ0) is 29.3. The smallest absolute Gasteiger partial charge is 0.381 e. The Hall–Kier alpha value is -2.37. The van der Waals surface area contributed by atoms with Crippen molar-refractivity contribution in [2.24, 2.45) is 5.92 Å². The molecular weight excluding hydrogens is 543 g/mol. The van der Waals surface area contributed by atoms with Crippen LogP contribution in [0.5, 0.6) is 0 Å². The number of hydrogen-bond donors (Lipinski definition) is 2. The molecule has 1 aromatic carbocycles. The van der Waals surface area contributed by atoms with E-state index in [1.165, 1.54) is 6.07 Å². The van der Waals surface area contributed by atoms with E-state index in [9.17, 15) is 26.4 Å². The van der Waals surface area contributed by atoms with Crippen LogP contribution in [0.1, 0.15) is 87.3 Å². The zero-order valence-electron chi connectivity index (χ0n) is 23.7. The van der Waals surface area contributed by atoms with E-state index in [-0.39, 0.29) is 17.5 Å². The SMILES string of the molecule is CCC(C)(C)NS(=O)(=O)c1ccc(-c2cc(C(=O)NC3CCOCC3)c(C)n2CC2CCCC2)cc1C(F)(F)F. The molecule has 7 nitrogen and oxygen atoms in total. The number of hydrogen-bond acceptors (Lipinski definition) is 4. The Balaban J connectivity index is 1.78. The molecule has 1 aromatic heterocycles. The van der Waals surface area contributed by atoms with E-state index in [1.807, 2.05) is 11.5 Å². The van der Waals surface area contributed by atoms with Gasteiger partial charge in [0.1, 0.15) is 0 Å². The number of nitrogens with zero attached hydrogens (tertiary/aromatic N) is 1. The van der Waals surface area contributed by atoms with Crippen molar-refractivity contribution in [3.63, 3.8) is 0 Å². The number of alkyl halides is 3. The van der Waals surface area contributed by atoms with Gasteiger partial charge in [0, 0.05) is 42.7 Å². The lowest BCUT2D eigenvalue weighted by Gasteiger charge is -2.25. The fourth-order valence-electron chi connectivity index (χ4n) is 5.54. The fraction of sp³-hybridized carbons (Fsp3) is 0.621. The van der Waals surface area contributed by atoms with Crippen molar-refractivity contribution < 1.29 is 31.1 Å². The van der Waals surface area contributed by atoms with E-state index in [4.69, 9.17) is 4.74 Å². The minimum Gasteiger partial charge on any atom is -0.381 e. The van der Waals surface area contributed by atoms with E-state index >= 15 is 0 Å². The fourth-order valence-corrected chi connectivity index (χ4v) is 7.23. The predicted molar refractivity (Wildman–Crippen MR) is 148 cm³/mol. The van der Waals surface area contributed by atoms with Crippen LogP contribution in [0.15, 0.2) is 29.2 Å². The average Bonchev–Trinajstić information content (AvgIpc) is 3.51. The lowest BCUT2D eigenvalue weighted by atomic mass is 10.0. The van der Waals surface area contributed by atoms with Crippen molar-refractivity contribution >= 4 is 15.9 Å². The first-order valence-corrected chi connectivity index (χ1v) is 15.5. The summed E-state index contributed by atoms with van der Waals surface area (Å²) in [5.74, 6) is 0.0931. The van der Waals surface area contributed by atoms with E-state index in [0.717, 1.165) is 37.8 Å². The lowest BCUT2D eigenvalue weighted by molar-refractivity contribution is -0.139. The lowest BCUT2D eigenvalue weighted by Crippen LogP contribution is -2.43. The molecule has 1 saturated carbocycles. The number of carbonyl (C=O) groups is 1. The molecule has 2 aromatic rings. The Kier molecular flexibility index (Phi) is 9.06. The Bertz CT molecular complexity index is 1320. The molecule has 2 heterocycles. The summed E-state index contributed by atoms with van der Waals surface area (Å²) in [6.45, 7) is 8.54. The highest BCUT2D eigenvalue weighted by molar-refractivity contribution is 7.89. The molecule has 1 amide bonds. The van der Waals surface area contributed by atoms with Gasteiger partial charge in [-0.3, -0.25) is 4.79 Å². The molecule has 1 aliphatic carbocycles. The summed E-state index contributed by atoms with van der Waals surface area (Å²) in [5.41, 5.74) is -0.367. The van der Waals surface area contributed by atoms with Crippen LogP contribution in [0, 0.1) is 12.8 Å². The molecule has 4 rings (SSSR count). The van der Waals surface area contributed by atoms with Crippen LogP contribution in [0.25, 0.3) is 11.3 Å². The molecule has 1 saturated heterocycles. The maximum absolute atomic E-state index is 14.3. The van der Waals surface area contributed by atoms with E-state index < -0.39 is 32.2 Å². The first-order chi connectivity index (χ1) is 18.7. The van der Waals surface area contributed by atoms with Crippen LogP contribution in [-0.2, 0) is 27.5 Å². The number of amides is 1. The monoisotopic (exact) mass is 583 g/mol. The molecule has 0 radical (unpaired) electrons. The number of benzene rings is 1. The molecule has 2 fully saturated rings. The molecule has 0 atom stereocenters. The maximum atomic E-state index is 14.3. The highest BCUT2D eigenvalue weighted by Gasteiger charge is 2.39. The molecule has 40 heavy (non-hydrogen) atoms. The van der Waals surface area contributed by atoms with Crippen molar-refractivity contribution in [2.75, 3.05) is 13.2 Å². The molecule has 222 valence electrons. The molecule has 11 heteroatoms. The van der Waals surface area contributed by atoms with Gasteiger partial charge >= 0.3 is 6.18 Å². The molecule has 1 aliphatic heterocycles. The quantitative estimate of drug-likeness (QED) is 0.376. The van der Waals surface area contributed by atoms with Crippen LogP contribution in [0.3, 0.4) is 0 Å². The molecule has 2 aliphatic rings. The van der Waals surface area contributed by atoms with E-state index in [2.05, 4.69) is 10.0 Å². The number of halogens is 3. The summed E-state index contributed by atoms with van der Waals surface area (Å²) < 4.78 is 78.8. The Labute approximate surface area is 234 Å². The summed E-state index contributed by atoms with van der Waals surface area (Å²) in [4.78, 5) is 12.5. The van der Waals surface area contributed by atoms with Gasteiger partial charge in [0.15, 0.2) is 0 Å². The minimum absolute atomic E-state index is 0.0246. The third-order valence-electron chi connectivity index (χ3n) is 8.25. The van der Waals surface area contributed by atoms with Gasteiger partial charge in [-0.15, -0.1) is 0 Å².